The van der Waals surface area contributed by atoms with Crippen molar-refractivity contribution in [1.29, 1.82) is 0 Å². The number of fused-ring (bicyclic) bond motifs is 8. The minimum atomic E-state index is -0.887. The molecular weight excluding hydrogens is 709 g/mol. The number of aryl methyl sites for hydroxylation is 2. The molecule has 0 spiro atoms. The maximum atomic E-state index is 11.7. The number of nitrogens with one attached hydrogen (secondary N) is 2. The molecule has 0 radical (unpaired) electrons. The Morgan fingerprint density at radius 3 is 1.67 bits per heavy atom. The standard InChI is InChI=1S/C49H58N4O4/c1-10-36-32(6)42-27-45-37(20-12-11-16-30(4)18-14-19-31(5)17-13-15-29(2)3)33(7)40(51-45)25-41-34(8)38(21-23-48(54)55)46(52-41)28-47-39(22-24-49(56)57)35(9)43(53-47)26-44(36)50-42/h10,12,15-16,19-20,25-28,50-51H,1,11,13-14,17-18,21-24H2,2-9H3,(H,54,55)(H,56,57)/b20-12+,30-16+,31-19+,40-25?,41-25?,42-27?,43-26?,44-26?,45-27?,46-28?,47-28?. The van der Waals surface area contributed by atoms with Crippen LogP contribution in [0.2, 0.25) is 0 Å². The molecule has 5 heterocycles. The minimum Gasteiger partial charge on any atom is -0.481 e. The van der Waals surface area contributed by atoms with Crippen molar-refractivity contribution >= 4 is 68.4 Å². The Morgan fingerprint density at radius 2 is 1.12 bits per heavy atom. The molecule has 2 aliphatic heterocycles. The van der Waals surface area contributed by atoms with Gasteiger partial charge in [0, 0.05) is 46.0 Å². The molecule has 0 unspecified atom stereocenters. The van der Waals surface area contributed by atoms with Crippen LogP contribution in [0.15, 0.2) is 71.9 Å². The van der Waals surface area contributed by atoms with E-state index in [4.69, 9.17) is 9.97 Å². The Balaban J connectivity index is 1.64. The number of rotatable bonds is 16. The van der Waals surface area contributed by atoms with E-state index in [0.717, 1.165) is 110 Å². The van der Waals surface area contributed by atoms with E-state index in [9.17, 15) is 19.8 Å². The van der Waals surface area contributed by atoms with Crippen LogP contribution in [-0.4, -0.2) is 42.1 Å². The summed E-state index contributed by atoms with van der Waals surface area (Å²) in [5.41, 5.74) is 18.2. The lowest BCUT2D eigenvalue weighted by Gasteiger charge is -2.05. The van der Waals surface area contributed by atoms with Crippen LogP contribution in [0, 0.1) is 13.8 Å². The van der Waals surface area contributed by atoms with Crippen molar-refractivity contribution in [2.24, 2.45) is 0 Å². The highest BCUT2D eigenvalue weighted by molar-refractivity contribution is 5.97. The molecule has 0 aromatic carbocycles. The molecule has 0 atom stereocenters. The van der Waals surface area contributed by atoms with Gasteiger partial charge in [0.2, 0.25) is 0 Å². The number of hydrogen-bond donors (Lipinski definition) is 4. The highest BCUT2D eigenvalue weighted by Gasteiger charge is 2.23. The summed E-state index contributed by atoms with van der Waals surface area (Å²) in [5, 5.41) is 19.2. The van der Waals surface area contributed by atoms with Gasteiger partial charge in [0.05, 0.1) is 22.8 Å². The first-order valence-corrected chi connectivity index (χ1v) is 20.0. The van der Waals surface area contributed by atoms with Crippen LogP contribution in [0.25, 0.3) is 56.5 Å². The number of aromatic nitrogens is 4. The minimum absolute atomic E-state index is 0.0414. The maximum absolute atomic E-state index is 11.7. The summed E-state index contributed by atoms with van der Waals surface area (Å²) < 4.78 is 0. The molecule has 3 aromatic rings. The summed E-state index contributed by atoms with van der Waals surface area (Å²) in [6.45, 7) is 21.0. The van der Waals surface area contributed by atoms with E-state index in [1.165, 1.54) is 16.7 Å². The van der Waals surface area contributed by atoms with Crippen molar-refractivity contribution in [2.75, 3.05) is 0 Å². The second kappa shape index (κ2) is 18.9. The molecule has 57 heavy (non-hydrogen) atoms. The summed E-state index contributed by atoms with van der Waals surface area (Å²) in [5.74, 6) is -1.77. The molecule has 2 aliphatic rings. The van der Waals surface area contributed by atoms with Crippen molar-refractivity contribution in [3.8, 4) is 0 Å². The average molecular weight is 767 g/mol. The molecule has 0 saturated carbocycles. The molecule has 3 aromatic heterocycles. The monoisotopic (exact) mass is 766 g/mol. The van der Waals surface area contributed by atoms with Crippen molar-refractivity contribution in [2.45, 2.75) is 113 Å². The first-order chi connectivity index (χ1) is 27.2. The fourth-order valence-corrected chi connectivity index (χ4v) is 7.51. The number of aromatic amines is 2. The second-order valence-electron chi connectivity index (χ2n) is 15.6. The zero-order chi connectivity index (χ0) is 41.4. The summed E-state index contributed by atoms with van der Waals surface area (Å²) in [7, 11) is 0. The molecule has 8 nitrogen and oxygen atoms in total. The predicted molar refractivity (Wildman–Crippen MR) is 238 cm³/mol. The van der Waals surface area contributed by atoms with Gasteiger partial charge in [-0.25, -0.2) is 9.97 Å². The molecule has 0 saturated heterocycles. The van der Waals surface area contributed by atoms with E-state index in [2.05, 4.69) is 94.5 Å². The van der Waals surface area contributed by atoms with Gasteiger partial charge < -0.3 is 20.2 Å². The lowest BCUT2D eigenvalue weighted by Crippen LogP contribution is -1.97. The fourth-order valence-electron chi connectivity index (χ4n) is 7.51. The Morgan fingerprint density at radius 1 is 0.632 bits per heavy atom. The van der Waals surface area contributed by atoms with Crippen LogP contribution in [0.3, 0.4) is 0 Å². The lowest BCUT2D eigenvalue weighted by atomic mass is 9.98. The predicted octanol–water partition coefficient (Wildman–Crippen LogP) is 13.0. The fraction of sp³-hybridized carbons (Fsp3) is 0.347. The summed E-state index contributed by atoms with van der Waals surface area (Å²) in [6, 6.07) is 8.08. The topological polar surface area (TPSA) is 132 Å². The number of carboxylic acid groups (broad SMARTS) is 2. The number of allylic oxidation sites excluding steroid dienone is 11. The Kier molecular flexibility index (Phi) is 14.1. The van der Waals surface area contributed by atoms with Crippen molar-refractivity contribution in [3.05, 3.63) is 117 Å². The highest BCUT2D eigenvalue weighted by Crippen LogP contribution is 2.38. The lowest BCUT2D eigenvalue weighted by molar-refractivity contribution is -0.137. The van der Waals surface area contributed by atoms with Crippen LogP contribution in [0.1, 0.15) is 144 Å². The molecule has 298 valence electrons. The van der Waals surface area contributed by atoms with Gasteiger partial charge in [0.15, 0.2) is 0 Å². The molecule has 0 aliphatic carbocycles. The number of nitrogens with zero attached hydrogens (tertiary/aromatic N) is 2. The van der Waals surface area contributed by atoms with Gasteiger partial charge in [-0.3, -0.25) is 9.59 Å². The van der Waals surface area contributed by atoms with E-state index < -0.39 is 11.9 Å². The molecule has 0 amide bonds. The first kappa shape index (κ1) is 42.4. The summed E-state index contributed by atoms with van der Waals surface area (Å²) in [6.07, 6.45) is 18.9. The third-order valence-electron chi connectivity index (χ3n) is 11.0. The van der Waals surface area contributed by atoms with Crippen molar-refractivity contribution < 1.29 is 19.8 Å². The van der Waals surface area contributed by atoms with Gasteiger partial charge in [-0.15, -0.1) is 0 Å². The van der Waals surface area contributed by atoms with Crippen LogP contribution >= 0.6 is 0 Å². The van der Waals surface area contributed by atoms with Crippen LogP contribution < -0.4 is 0 Å². The molecule has 0 fully saturated rings. The Hall–Kier alpha value is -5.76. The molecule has 8 heteroatoms. The zero-order valence-electron chi connectivity index (χ0n) is 34.9. The molecule has 8 bridgehead atoms. The number of carboxylic acids is 2. The van der Waals surface area contributed by atoms with Crippen LogP contribution in [-0.2, 0) is 9.59 Å². The van der Waals surface area contributed by atoms with Gasteiger partial charge in [-0.2, -0.15) is 0 Å². The Labute approximate surface area is 337 Å². The van der Waals surface area contributed by atoms with Crippen molar-refractivity contribution in [1.82, 2.24) is 19.9 Å². The van der Waals surface area contributed by atoms with E-state index in [1.807, 2.05) is 38.1 Å². The molecule has 4 N–H and O–H groups in total. The summed E-state index contributed by atoms with van der Waals surface area (Å²) in [4.78, 5) is 40.9. The van der Waals surface area contributed by atoms with Gasteiger partial charge in [0.1, 0.15) is 0 Å². The van der Waals surface area contributed by atoms with Gasteiger partial charge in [0.25, 0.3) is 0 Å². The smallest absolute Gasteiger partial charge is 0.303 e. The van der Waals surface area contributed by atoms with Crippen LogP contribution in [0.4, 0.5) is 0 Å². The van der Waals surface area contributed by atoms with Gasteiger partial charge in [-0.1, -0.05) is 59.8 Å². The third-order valence-corrected chi connectivity index (χ3v) is 11.0. The number of carbonyl (C=O) groups is 2. The van der Waals surface area contributed by atoms with Crippen molar-refractivity contribution in [3.63, 3.8) is 0 Å². The third kappa shape index (κ3) is 10.6. The van der Waals surface area contributed by atoms with E-state index in [0.29, 0.717) is 24.2 Å². The Bertz CT molecular complexity index is 2440. The van der Waals surface area contributed by atoms with Gasteiger partial charge >= 0.3 is 11.9 Å². The highest BCUT2D eigenvalue weighted by atomic mass is 16.4. The number of aliphatic carboxylic acids is 2. The van der Waals surface area contributed by atoms with E-state index >= 15 is 0 Å². The maximum Gasteiger partial charge on any atom is 0.303 e. The number of H-pyrrole nitrogens is 2. The van der Waals surface area contributed by atoms with Gasteiger partial charge in [-0.05, 0) is 158 Å². The van der Waals surface area contributed by atoms with E-state index in [-0.39, 0.29) is 12.8 Å². The van der Waals surface area contributed by atoms with Crippen LogP contribution in [0.5, 0.6) is 0 Å². The largest absolute Gasteiger partial charge is 0.481 e. The number of hydrogen-bond acceptors (Lipinski definition) is 4. The second-order valence-corrected chi connectivity index (χ2v) is 15.6. The molecular formula is C49H58N4O4. The molecule has 5 rings (SSSR count). The summed E-state index contributed by atoms with van der Waals surface area (Å²) >= 11 is 0. The quantitative estimate of drug-likeness (QED) is 0.107. The normalized spacial score (nSPS) is 13.5. The van der Waals surface area contributed by atoms with E-state index in [1.54, 1.807) is 0 Å². The average Bonchev–Trinajstić information content (AvgIpc) is 3.80. The first-order valence-electron chi connectivity index (χ1n) is 20.0. The zero-order valence-corrected chi connectivity index (χ0v) is 34.9. The SMILES string of the molecule is C=Cc1c(C)c2cc3[nH]c(cc4nc(cc5nc(cc1[nH]2)C(C)=C5CCC(=O)O)C(CCC(=O)O)=C4C)c(C)c3/C=C/C/C=C(\C)CC/C=C(\C)CCC=C(C)C.